The fourth-order valence-electron chi connectivity index (χ4n) is 2.18. The third kappa shape index (κ3) is 4.49. The van der Waals surface area contributed by atoms with Crippen molar-refractivity contribution in [2.75, 3.05) is 19.6 Å². The number of hydrogen-bond acceptors (Lipinski definition) is 3. The van der Waals surface area contributed by atoms with Crippen LogP contribution in [0.4, 0.5) is 0 Å². The first-order chi connectivity index (χ1) is 7.61. The second kappa shape index (κ2) is 6.86. The fourth-order valence-corrected chi connectivity index (χ4v) is 2.18. The van der Waals surface area contributed by atoms with Crippen LogP contribution in [-0.4, -0.2) is 47.7 Å². The number of piperidine rings is 1. The standard InChI is InChI=1S/C12H24N2O2/c1-10-6-3-4-8-14(10)9-5-7-13-11(2)12(15)16/h10-11,13H,3-9H2,1-2H3,(H,15,16). The third-order valence-electron chi connectivity index (χ3n) is 3.38. The van der Waals surface area contributed by atoms with Crippen molar-refractivity contribution in [1.82, 2.24) is 10.2 Å². The van der Waals surface area contributed by atoms with Crippen molar-refractivity contribution >= 4 is 5.97 Å². The molecule has 0 aliphatic carbocycles. The number of nitrogens with one attached hydrogen (secondary N) is 1. The minimum atomic E-state index is -0.772. The van der Waals surface area contributed by atoms with E-state index >= 15 is 0 Å². The monoisotopic (exact) mass is 228 g/mol. The van der Waals surface area contributed by atoms with E-state index < -0.39 is 12.0 Å². The molecule has 1 saturated heterocycles. The third-order valence-corrected chi connectivity index (χ3v) is 3.38. The van der Waals surface area contributed by atoms with Crippen LogP contribution < -0.4 is 5.32 Å². The molecular weight excluding hydrogens is 204 g/mol. The Labute approximate surface area is 98.0 Å². The van der Waals surface area contributed by atoms with Gasteiger partial charge in [-0.1, -0.05) is 6.42 Å². The minimum absolute atomic E-state index is 0.432. The summed E-state index contributed by atoms with van der Waals surface area (Å²) in [4.78, 5) is 13.1. The minimum Gasteiger partial charge on any atom is -0.480 e. The summed E-state index contributed by atoms with van der Waals surface area (Å²) < 4.78 is 0. The Hall–Kier alpha value is -0.610. The average Bonchev–Trinajstić information content (AvgIpc) is 2.26. The number of likely N-dealkylation sites (tertiary alicyclic amines) is 1. The van der Waals surface area contributed by atoms with Gasteiger partial charge in [0.05, 0.1) is 0 Å². The van der Waals surface area contributed by atoms with Crippen LogP contribution >= 0.6 is 0 Å². The molecule has 0 bridgehead atoms. The van der Waals surface area contributed by atoms with Gasteiger partial charge in [0, 0.05) is 6.04 Å². The highest BCUT2D eigenvalue weighted by atomic mass is 16.4. The number of carboxylic acid groups (broad SMARTS) is 1. The Balaban J connectivity index is 2.08. The molecule has 16 heavy (non-hydrogen) atoms. The van der Waals surface area contributed by atoms with Crippen LogP contribution in [0.25, 0.3) is 0 Å². The first-order valence-corrected chi connectivity index (χ1v) is 6.31. The van der Waals surface area contributed by atoms with Crippen molar-refractivity contribution in [3.63, 3.8) is 0 Å². The molecule has 0 saturated carbocycles. The highest BCUT2D eigenvalue weighted by Gasteiger charge is 2.17. The van der Waals surface area contributed by atoms with Crippen molar-refractivity contribution in [1.29, 1.82) is 0 Å². The molecule has 1 aliphatic rings. The number of carboxylic acids is 1. The molecule has 0 aromatic carbocycles. The molecule has 4 heteroatoms. The first kappa shape index (κ1) is 13.5. The van der Waals surface area contributed by atoms with E-state index in [0.29, 0.717) is 6.04 Å². The molecule has 0 aromatic heterocycles. The van der Waals surface area contributed by atoms with E-state index in [9.17, 15) is 4.79 Å². The molecule has 4 nitrogen and oxygen atoms in total. The van der Waals surface area contributed by atoms with Gasteiger partial charge >= 0.3 is 5.97 Å². The van der Waals surface area contributed by atoms with E-state index in [1.165, 1.54) is 25.8 Å². The number of hydrogen-bond donors (Lipinski definition) is 2. The summed E-state index contributed by atoms with van der Waals surface area (Å²) >= 11 is 0. The lowest BCUT2D eigenvalue weighted by atomic mass is 10.0. The van der Waals surface area contributed by atoms with E-state index in [-0.39, 0.29) is 0 Å². The Kier molecular flexibility index (Phi) is 5.77. The maximum atomic E-state index is 10.6. The van der Waals surface area contributed by atoms with Crippen LogP contribution in [0, 0.1) is 0 Å². The first-order valence-electron chi connectivity index (χ1n) is 6.31. The molecule has 0 amide bonds. The molecule has 0 aromatic rings. The normalized spacial score (nSPS) is 24.2. The van der Waals surface area contributed by atoms with Crippen molar-refractivity contribution in [3.8, 4) is 0 Å². The lowest BCUT2D eigenvalue weighted by molar-refractivity contribution is -0.138. The Morgan fingerprint density at radius 3 is 2.94 bits per heavy atom. The molecule has 0 spiro atoms. The molecule has 2 N–H and O–H groups in total. The summed E-state index contributed by atoms with van der Waals surface area (Å²) in [5, 5.41) is 11.7. The molecule has 1 rings (SSSR count). The molecule has 1 heterocycles. The van der Waals surface area contributed by atoms with Gasteiger partial charge in [0.1, 0.15) is 6.04 Å². The fraction of sp³-hybridized carbons (Fsp3) is 0.917. The van der Waals surface area contributed by atoms with E-state index in [0.717, 1.165) is 19.5 Å². The summed E-state index contributed by atoms with van der Waals surface area (Å²) in [5.74, 6) is -0.772. The topological polar surface area (TPSA) is 52.6 Å². The van der Waals surface area contributed by atoms with Crippen molar-refractivity contribution in [2.24, 2.45) is 0 Å². The summed E-state index contributed by atoms with van der Waals surface area (Å²) in [6, 6.07) is 0.268. The highest BCUT2D eigenvalue weighted by molar-refractivity contribution is 5.72. The van der Waals surface area contributed by atoms with Gasteiger partial charge in [0.25, 0.3) is 0 Å². The van der Waals surface area contributed by atoms with Crippen LogP contribution in [0.1, 0.15) is 39.5 Å². The lowest BCUT2D eigenvalue weighted by Gasteiger charge is -2.33. The van der Waals surface area contributed by atoms with Crippen LogP contribution in [0.2, 0.25) is 0 Å². The summed E-state index contributed by atoms with van der Waals surface area (Å²) in [7, 11) is 0. The van der Waals surface area contributed by atoms with E-state index in [1.807, 2.05) is 0 Å². The van der Waals surface area contributed by atoms with Crippen LogP contribution in [0.15, 0.2) is 0 Å². The van der Waals surface area contributed by atoms with Gasteiger partial charge in [-0.3, -0.25) is 4.79 Å². The number of rotatable bonds is 6. The van der Waals surface area contributed by atoms with Crippen LogP contribution in [-0.2, 0) is 4.79 Å². The summed E-state index contributed by atoms with van der Waals surface area (Å²) in [6.45, 7) is 7.05. The quantitative estimate of drug-likeness (QED) is 0.673. The van der Waals surface area contributed by atoms with E-state index in [2.05, 4.69) is 17.1 Å². The smallest absolute Gasteiger partial charge is 0.320 e. The van der Waals surface area contributed by atoms with Gasteiger partial charge in [0.2, 0.25) is 0 Å². The van der Waals surface area contributed by atoms with Crippen LogP contribution in [0.3, 0.4) is 0 Å². The zero-order valence-corrected chi connectivity index (χ0v) is 10.4. The summed E-state index contributed by atoms with van der Waals surface area (Å²) in [6.07, 6.45) is 5.00. The average molecular weight is 228 g/mol. The van der Waals surface area contributed by atoms with Gasteiger partial charge in [-0.2, -0.15) is 0 Å². The zero-order valence-electron chi connectivity index (χ0n) is 10.4. The lowest BCUT2D eigenvalue weighted by Crippen LogP contribution is -2.40. The van der Waals surface area contributed by atoms with Gasteiger partial charge in [-0.05, 0) is 52.7 Å². The summed E-state index contributed by atoms with van der Waals surface area (Å²) in [5.41, 5.74) is 0. The van der Waals surface area contributed by atoms with Gasteiger partial charge in [-0.15, -0.1) is 0 Å². The van der Waals surface area contributed by atoms with Crippen molar-refractivity contribution in [2.45, 2.75) is 51.6 Å². The molecule has 94 valence electrons. The van der Waals surface area contributed by atoms with Crippen molar-refractivity contribution in [3.05, 3.63) is 0 Å². The molecular formula is C12H24N2O2. The highest BCUT2D eigenvalue weighted by Crippen LogP contribution is 2.15. The Morgan fingerprint density at radius 2 is 2.31 bits per heavy atom. The largest absolute Gasteiger partial charge is 0.480 e. The Bertz CT molecular complexity index is 221. The van der Waals surface area contributed by atoms with Crippen molar-refractivity contribution < 1.29 is 9.90 Å². The maximum Gasteiger partial charge on any atom is 0.320 e. The Morgan fingerprint density at radius 1 is 1.56 bits per heavy atom. The molecule has 2 unspecified atom stereocenters. The second-order valence-electron chi connectivity index (χ2n) is 4.75. The zero-order chi connectivity index (χ0) is 12.0. The predicted molar refractivity (Wildman–Crippen MR) is 64.6 cm³/mol. The van der Waals surface area contributed by atoms with Gasteiger partial charge in [0.15, 0.2) is 0 Å². The number of nitrogens with zero attached hydrogens (tertiary/aromatic N) is 1. The number of carbonyl (C=O) groups is 1. The van der Waals surface area contributed by atoms with Gasteiger partial charge < -0.3 is 15.3 Å². The molecule has 1 aliphatic heterocycles. The SMILES string of the molecule is CC(NCCCN1CCCCC1C)C(=O)O. The molecule has 0 radical (unpaired) electrons. The molecule has 2 atom stereocenters. The van der Waals surface area contributed by atoms with Gasteiger partial charge in [-0.25, -0.2) is 0 Å². The number of aliphatic carboxylic acids is 1. The van der Waals surface area contributed by atoms with Crippen LogP contribution in [0.5, 0.6) is 0 Å². The second-order valence-corrected chi connectivity index (χ2v) is 4.75. The van der Waals surface area contributed by atoms with E-state index in [4.69, 9.17) is 5.11 Å². The predicted octanol–water partition coefficient (Wildman–Crippen LogP) is 1.31. The van der Waals surface area contributed by atoms with E-state index in [1.54, 1.807) is 6.92 Å². The maximum absolute atomic E-state index is 10.6. The molecule has 1 fully saturated rings.